The second-order valence-corrected chi connectivity index (χ2v) is 10.3. The largest absolute Gasteiger partial charge is 0.481 e. The van der Waals surface area contributed by atoms with Crippen LogP contribution in [0.2, 0.25) is 0 Å². The zero-order valence-corrected chi connectivity index (χ0v) is 21.0. The van der Waals surface area contributed by atoms with Crippen LogP contribution in [-0.4, -0.2) is 45.3 Å². The molecule has 2 aliphatic rings. The molecule has 3 aromatic rings. The van der Waals surface area contributed by atoms with Crippen LogP contribution in [0.4, 0.5) is 13.6 Å². The lowest BCUT2D eigenvalue weighted by atomic mass is 9.81. The molecule has 1 aliphatic carbocycles. The lowest BCUT2D eigenvalue weighted by Crippen LogP contribution is -2.35. The number of hydrogen-bond acceptors (Lipinski definition) is 4. The standard InChI is InChI=1S/C28H31F2N3O4/c1-16(18-6-8-22(29)23(30)13-18)14-33-24-9-7-17-10-11-32(28(36)37-2)15-21(17)25(24)31-26(33)19-4-3-5-20(12-19)27(34)35/h6-9,13,16,19-20H,3-5,10-12,14-15H2,1-2H3,(H,34,35)/t16-,19+,20+/m1/s1. The van der Waals surface area contributed by atoms with Crippen molar-refractivity contribution in [2.45, 2.75) is 64.0 Å². The number of carboxylic acid groups (broad SMARTS) is 1. The molecular weight excluding hydrogens is 480 g/mol. The molecule has 0 spiro atoms. The number of benzene rings is 2. The van der Waals surface area contributed by atoms with Crippen molar-refractivity contribution in [3.05, 3.63) is 64.5 Å². The summed E-state index contributed by atoms with van der Waals surface area (Å²) < 4.78 is 34.6. The predicted molar refractivity (Wildman–Crippen MR) is 133 cm³/mol. The fraction of sp³-hybridized carbons (Fsp3) is 0.464. The zero-order valence-electron chi connectivity index (χ0n) is 21.0. The number of carboxylic acids is 1. The third-order valence-corrected chi connectivity index (χ3v) is 7.94. The summed E-state index contributed by atoms with van der Waals surface area (Å²) in [5, 5.41) is 9.67. The Morgan fingerprint density at radius 1 is 1.19 bits per heavy atom. The van der Waals surface area contributed by atoms with Gasteiger partial charge in [-0.15, -0.1) is 0 Å². The quantitative estimate of drug-likeness (QED) is 0.482. The van der Waals surface area contributed by atoms with Gasteiger partial charge in [-0.2, -0.15) is 0 Å². The fourth-order valence-electron chi connectivity index (χ4n) is 5.88. The Kier molecular flexibility index (Phi) is 6.88. The average molecular weight is 512 g/mol. The molecule has 3 atom stereocenters. The minimum absolute atomic E-state index is 0.0321. The Bertz CT molecular complexity index is 1350. The molecule has 196 valence electrons. The van der Waals surface area contributed by atoms with Crippen LogP contribution in [0.3, 0.4) is 0 Å². The van der Waals surface area contributed by atoms with Crippen LogP contribution in [-0.2, 0) is 29.0 Å². The first-order valence-corrected chi connectivity index (χ1v) is 12.8. The Morgan fingerprint density at radius 2 is 2.00 bits per heavy atom. The Morgan fingerprint density at radius 3 is 2.73 bits per heavy atom. The number of carbonyl (C=O) groups excluding carboxylic acids is 1. The highest BCUT2D eigenvalue weighted by molar-refractivity contribution is 5.82. The van der Waals surface area contributed by atoms with E-state index in [4.69, 9.17) is 9.72 Å². The fourth-order valence-corrected chi connectivity index (χ4v) is 5.88. The molecule has 9 heteroatoms. The summed E-state index contributed by atoms with van der Waals surface area (Å²) in [7, 11) is 1.37. The van der Waals surface area contributed by atoms with Crippen molar-refractivity contribution in [2.75, 3.05) is 13.7 Å². The van der Waals surface area contributed by atoms with Crippen molar-refractivity contribution < 1.29 is 28.2 Å². The second kappa shape index (κ2) is 10.1. The number of aliphatic carboxylic acids is 1. The first kappa shape index (κ1) is 25.2. The number of imidazole rings is 1. The maximum Gasteiger partial charge on any atom is 0.409 e. The van der Waals surface area contributed by atoms with Crippen LogP contribution < -0.4 is 0 Å². The molecule has 0 unspecified atom stereocenters. The highest BCUT2D eigenvalue weighted by atomic mass is 19.2. The number of methoxy groups -OCH3 is 1. The molecule has 2 aromatic carbocycles. The van der Waals surface area contributed by atoms with Gasteiger partial charge in [0.15, 0.2) is 11.6 Å². The molecule has 0 radical (unpaired) electrons. The minimum atomic E-state index is -0.881. The summed E-state index contributed by atoms with van der Waals surface area (Å²) in [4.78, 5) is 30.8. The molecule has 1 N–H and O–H groups in total. The van der Waals surface area contributed by atoms with Gasteiger partial charge in [-0.05, 0) is 60.9 Å². The number of ether oxygens (including phenoxy) is 1. The molecule has 1 amide bonds. The SMILES string of the molecule is COC(=O)N1CCc2ccc3c(nc([C@H]4CCC[C@H](C(=O)O)C4)n3C[C@@H](C)c3ccc(F)c(F)c3)c2C1. The van der Waals surface area contributed by atoms with Crippen molar-refractivity contribution in [3.8, 4) is 0 Å². The van der Waals surface area contributed by atoms with Crippen LogP contribution in [0.1, 0.15) is 67.0 Å². The molecule has 1 aliphatic heterocycles. The summed E-state index contributed by atoms with van der Waals surface area (Å²) in [6, 6.07) is 8.07. The summed E-state index contributed by atoms with van der Waals surface area (Å²) in [5.41, 5.74) is 4.47. The van der Waals surface area contributed by atoms with E-state index in [9.17, 15) is 23.5 Å². The molecule has 7 nitrogen and oxygen atoms in total. The van der Waals surface area contributed by atoms with E-state index in [0.29, 0.717) is 44.5 Å². The number of nitrogens with zero attached hydrogens (tertiary/aromatic N) is 3. The van der Waals surface area contributed by atoms with Crippen LogP contribution in [0.5, 0.6) is 0 Å². The highest BCUT2D eigenvalue weighted by Gasteiger charge is 2.33. The van der Waals surface area contributed by atoms with Crippen molar-refractivity contribution in [1.82, 2.24) is 14.5 Å². The summed E-state index contributed by atoms with van der Waals surface area (Å²) in [5.74, 6) is -2.32. The molecule has 1 aromatic heterocycles. The van der Waals surface area contributed by atoms with Crippen molar-refractivity contribution in [3.63, 3.8) is 0 Å². The van der Waals surface area contributed by atoms with Gasteiger partial charge in [0, 0.05) is 24.6 Å². The van der Waals surface area contributed by atoms with Gasteiger partial charge >= 0.3 is 12.1 Å². The average Bonchev–Trinajstić information content (AvgIpc) is 3.28. The summed E-state index contributed by atoms with van der Waals surface area (Å²) in [6.07, 6.45) is 3.11. The van der Waals surface area contributed by atoms with Gasteiger partial charge in [-0.25, -0.2) is 18.6 Å². The number of halogens is 2. The first-order valence-electron chi connectivity index (χ1n) is 12.8. The van der Waals surface area contributed by atoms with Crippen molar-refractivity contribution >= 4 is 23.1 Å². The number of hydrogen-bond donors (Lipinski definition) is 1. The summed E-state index contributed by atoms with van der Waals surface area (Å²) in [6.45, 7) is 3.39. The van der Waals surface area contributed by atoms with E-state index in [1.54, 1.807) is 11.0 Å². The monoisotopic (exact) mass is 511 g/mol. The van der Waals surface area contributed by atoms with E-state index in [1.165, 1.54) is 13.2 Å². The molecule has 1 saturated carbocycles. The molecule has 5 rings (SSSR count). The van der Waals surface area contributed by atoms with Gasteiger partial charge in [0.1, 0.15) is 5.82 Å². The molecule has 37 heavy (non-hydrogen) atoms. The first-order chi connectivity index (χ1) is 17.8. The van der Waals surface area contributed by atoms with Gasteiger partial charge in [0.25, 0.3) is 0 Å². The van der Waals surface area contributed by atoms with Gasteiger partial charge in [-0.3, -0.25) is 4.79 Å². The van der Waals surface area contributed by atoms with Gasteiger partial charge in [0.2, 0.25) is 0 Å². The van der Waals surface area contributed by atoms with E-state index in [2.05, 4.69) is 10.6 Å². The van der Waals surface area contributed by atoms with E-state index in [0.717, 1.165) is 46.9 Å². The Labute approximate surface area is 214 Å². The molecule has 2 heterocycles. The Balaban J connectivity index is 1.59. The highest BCUT2D eigenvalue weighted by Crippen LogP contribution is 2.39. The van der Waals surface area contributed by atoms with Gasteiger partial charge < -0.3 is 19.3 Å². The molecule has 1 fully saturated rings. The lowest BCUT2D eigenvalue weighted by molar-refractivity contribution is -0.143. The third kappa shape index (κ3) is 4.79. The van der Waals surface area contributed by atoms with Gasteiger partial charge in [0.05, 0.1) is 30.6 Å². The van der Waals surface area contributed by atoms with Crippen LogP contribution in [0.15, 0.2) is 30.3 Å². The second-order valence-electron chi connectivity index (χ2n) is 10.3. The van der Waals surface area contributed by atoms with Gasteiger partial charge in [-0.1, -0.05) is 25.5 Å². The molecule has 0 bridgehead atoms. The lowest BCUT2D eigenvalue weighted by Gasteiger charge is -2.28. The number of aromatic nitrogens is 2. The minimum Gasteiger partial charge on any atom is -0.481 e. The third-order valence-electron chi connectivity index (χ3n) is 7.94. The van der Waals surface area contributed by atoms with E-state index in [1.807, 2.05) is 13.0 Å². The van der Waals surface area contributed by atoms with Crippen LogP contribution in [0.25, 0.3) is 11.0 Å². The number of fused-ring (bicyclic) bond motifs is 3. The zero-order chi connectivity index (χ0) is 26.3. The van der Waals surface area contributed by atoms with Crippen molar-refractivity contribution in [2.24, 2.45) is 5.92 Å². The van der Waals surface area contributed by atoms with Crippen LogP contribution >= 0.6 is 0 Å². The Hall–Kier alpha value is -3.49. The molecule has 0 saturated heterocycles. The normalized spacial score (nSPS) is 20.5. The number of rotatable bonds is 5. The molecular formula is C28H31F2N3O4. The maximum absolute atomic E-state index is 14.0. The van der Waals surface area contributed by atoms with E-state index in [-0.39, 0.29) is 17.9 Å². The maximum atomic E-state index is 14.0. The smallest absolute Gasteiger partial charge is 0.409 e. The topological polar surface area (TPSA) is 84.7 Å². The predicted octanol–water partition coefficient (Wildman–Crippen LogP) is 5.60. The summed E-state index contributed by atoms with van der Waals surface area (Å²) >= 11 is 0. The van der Waals surface area contributed by atoms with E-state index < -0.39 is 23.5 Å². The van der Waals surface area contributed by atoms with Crippen LogP contribution in [0, 0.1) is 17.6 Å². The van der Waals surface area contributed by atoms with Crippen molar-refractivity contribution in [1.29, 1.82) is 0 Å². The number of carbonyl (C=O) groups is 2. The van der Waals surface area contributed by atoms with E-state index >= 15 is 0 Å². The number of amides is 1.